The van der Waals surface area contributed by atoms with Crippen molar-refractivity contribution in [3.8, 4) is 5.88 Å². The van der Waals surface area contributed by atoms with E-state index in [4.69, 9.17) is 12.2 Å². The van der Waals surface area contributed by atoms with E-state index in [0.29, 0.717) is 14.6 Å². The van der Waals surface area contributed by atoms with Crippen molar-refractivity contribution >= 4 is 35.6 Å². The molecule has 6 heteroatoms. The van der Waals surface area contributed by atoms with Crippen LogP contribution in [-0.4, -0.2) is 21.3 Å². The van der Waals surface area contributed by atoms with Gasteiger partial charge in [0.25, 0.3) is 0 Å². The molecule has 0 aliphatic rings. The number of hydrogen-bond acceptors (Lipinski definition) is 5. The maximum Gasteiger partial charge on any atom is 0.209 e. The van der Waals surface area contributed by atoms with Crippen LogP contribution >= 0.6 is 23.6 Å². The largest absolute Gasteiger partial charge is 0.494 e. The van der Waals surface area contributed by atoms with Crippen molar-refractivity contribution in [3.63, 3.8) is 0 Å². The summed E-state index contributed by atoms with van der Waals surface area (Å²) in [7, 11) is 0. The van der Waals surface area contributed by atoms with E-state index < -0.39 is 0 Å². The Morgan fingerprint density at radius 2 is 2.24 bits per heavy atom. The van der Waals surface area contributed by atoms with Crippen LogP contribution in [0, 0.1) is 17.8 Å². The molecule has 0 saturated carbocycles. The molecular weight excluding hydrogens is 254 g/mol. The average molecular weight is 265 g/mol. The van der Waals surface area contributed by atoms with E-state index in [0.717, 1.165) is 11.3 Å². The average Bonchev–Trinajstić information content (AvgIpc) is 2.53. The zero-order valence-corrected chi connectivity index (χ0v) is 11.0. The molecule has 2 heterocycles. The minimum Gasteiger partial charge on any atom is -0.494 e. The number of nitrogens with one attached hydrogen (secondary N) is 1. The summed E-state index contributed by atoms with van der Waals surface area (Å²) in [6.45, 7) is 3.91. The first kappa shape index (κ1) is 11.9. The summed E-state index contributed by atoms with van der Waals surface area (Å²) in [6, 6.07) is 3.86. The summed E-state index contributed by atoms with van der Waals surface area (Å²) in [5, 5.41) is 9.50. The molecule has 4 nitrogen and oxygen atoms in total. The summed E-state index contributed by atoms with van der Waals surface area (Å²) in [5.41, 5.74) is 2.03. The van der Waals surface area contributed by atoms with Crippen LogP contribution in [0.25, 0.3) is 0 Å². The van der Waals surface area contributed by atoms with Gasteiger partial charge in [0.05, 0.1) is 6.21 Å². The number of aryl methyl sites for hydroxylation is 2. The lowest BCUT2D eigenvalue weighted by molar-refractivity contribution is 0.456. The Bertz CT molecular complexity index is 608. The number of hydrogen-bond donors (Lipinski definition) is 2. The third-order valence-corrected chi connectivity index (χ3v) is 3.21. The van der Waals surface area contributed by atoms with Gasteiger partial charge in [-0.15, -0.1) is 0 Å². The molecular formula is C11H11N3OS2. The fourth-order valence-electron chi connectivity index (χ4n) is 1.43. The highest BCUT2D eigenvalue weighted by atomic mass is 32.1. The second-order valence-electron chi connectivity index (χ2n) is 3.63. The van der Waals surface area contributed by atoms with Gasteiger partial charge in [-0.1, -0.05) is 11.3 Å². The lowest BCUT2D eigenvalue weighted by atomic mass is 10.2. The molecule has 0 saturated heterocycles. The fourth-order valence-corrected chi connectivity index (χ4v) is 2.40. The molecule has 17 heavy (non-hydrogen) atoms. The van der Waals surface area contributed by atoms with Gasteiger partial charge in [0.1, 0.15) is 4.88 Å². The van der Waals surface area contributed by atoms with Gasteiger partial charge in [-0.3, -0.25) is 0 Å². The van der Waals surface area contributed by atoms with Gasteiger partial charge in [-0.25, -0.2) is 9.98 Å². The van der Waals surface area contributed by atoms with E-state index in [2.05, 4.69) is 15.0 Å². The molecule has 0 unspecified atom stereocenters. The standard InChI is InChI=1S/C11H11N3OS2/c1-6-3-7(2)13-9(4-6)12-5-8-10(15)14-11(16)17-8/h3-5,15H,1-2H3,(H,14,16)/b12-5+. The lowest BCUT2D eigenvalue weighted by Crippen LogP contribution is -1.84. The minimum absolute atomic E-state index is 0.0492. The number of H-pyrrole nitrogens is 1. The number of aromatic amines is 1. The van der Waals surface area contributed by atoms with Gasteiger partial charge in [0.15, 0.2) is 9.77 Å². The maximum absolute atomic E-state index is 9.50. The van der Waals surface area contributed by atoms with Crippen LogP contribution in [0.3, 0.4) is 0 Å². The summed E-state index contributed by atoms with van der Waals surface area (Å²) in [4.78, 5) is 11.7. The first-order valence-corrected chi connectivity index (χ1v) is 6.18. The van der Waals surface area contributed by atoms with Gasteiger partial charge >= 0.3 is 0 Å². The van der Waals surface area contributed by atoms with E-state index in [9.17, 15) is 5.11 Å². The molecule has 2 aromatic rings. The van der Waals surface area contributed by atoms with Crippen LogP contribution in [0.15, 0.2) is 17.1 Å². The van der Waals surface area contributed by atoms with E-state index in [1.54, 1.807) is 6.21 Å². The Hall–Kier alpha value is -1.53. The highest BCUT2D eigenvalue weighted by Gasteiger charge is 2.01. The number of aromatic nitrogens is 2. The summed E-state index contributed by atoms with van der Waals surface area (Å²) < 4.78 is 0.525. The van der Waals surface area contributed by atoms with E-state index in [-0.39, 0.29) is 5.88 Å². The summed E-state index contributed by atoms with van der Waals surface area (Å²) in [6.07, 6.45) is 1.56. The fraction of sp³-hybridized carbons (Fsp3) is 0.182. The summed E-state index contributed by atoms with van der Waals surface area (Å²) >= 11 is 6.19. The first-order valence-electron chi connectivity index (χ1n) is 4.96. The quantitative estimate of drug-likeness (QED) is 0.647. The van der Waals surface area contributed by atoms with Gasteiger partial charge in [-0.05, 0) is 43.8 Å². The van der Waals surface area contributed by atoms with Crippen LogP contribution in [0.1, 0.15) is 16.1 Å². The monoisotopic (exact) mass is 265 g/mol. The molecule has 0 aliphatic carbocycles. The van der Waals surface area contributed by atoms with Crippen molar-refractivity contribution in [2.75, 3.05) is 0 Å². The van der Waals surface area contributed by atoms with Gasteiger partial charge in [-0.2, -0.15) is 0 Å². The van der Waals surface area contributed by atoms with Crippen molar-refractivity contribution in [1.82, 2.24) is 9.97 Å². The van der Waals surface area contributed by atoms with Crippen molar-refractivity contribution in [3.05, 3.63) is 32.2 Å². The number of thiazole rings is 1. The molecule has 0 radical (unpaired) electrons. The molecule has 0 aliphatic heterocycles. The SMILES string of the molecule is Cc1cc(C)nc(/N=C/c2sc(=S)[nH]c2O)c1. The van der Waals surface area contributed by atoms with E-state index in [1.165, 1.54) is 11.3 Å². The first-order chi connectivity index (χ1) is 8.04. The molecule has 0 atom stereocenters. The number of rotatable bonds is 2. The minimum atomic E-state index is 0.0492. The molecule has 2 aromatic heterocycles. The Morgan fingerprint density at radius 1 is 1.47 bits per heavy atom. The smallest absolute Gasteiger partial charge is 0.209 e. The van der Waals surface area contributed by atoms with Crippen molar-refractivity contribution in [1.29, 1.82) is 0 Å². The molecule has 2 N–H and O–H groups in total. The maximum atomic E-state index is 9.50. The number of aliphatic imine (C=N–C) groups is 1. The molecule has 0 bridgehead atoms. The van der Waals surface area contributed by atoms with Crippen LogP contribution < -0.4 is 0 Å². The van der Waals surface area contributed by atoms with E-state index in [1.807, 2.05) is 26.0 Å². The van der Waals surface area contributed by atoms with Crippen molar-refractivity contribution in [2.24, 2.45) is 4.99 Å². The predicted octanol–water partition coefficient (Wildman–Crippen LogP) is 3.27. The molecule has 0 aromatic carbocycles. The predicted molar refractivity (Wildman–Crippen MR) is 72.1 cm³/mol. The van der Waals surface area contributed by atoms with Gasteiger partial charge in [0, 0.05) is 5.69 Å². The van der Waals surface area contributed by atoms with E-state index >= 15 is 0 Å². The van der Waals surface area contributed by atoms with Crippen LogP contribution in [0.5, 0.6) is 5.88 Å². The second kappa shape index (κ2) is 4.77. The molecule has 0 fully saturated rings. The molecule has 2 rings (SSSR count). The third-order valence-electron chi connectivity index (χ3n) is 2.05. The number of pyridine rings is 1. The van der Waals surface area contributed by atoms with Gasteiger partial charge in [0.2, 0.25) is 5.88 Å². The van der Waals surface area contributed by atoms with Crippen molar-refractivity contribution < 1.29 is 5.11 Å². The van der Waals surface area contributed by atoms with Crippen LogP contribution in [0.4, 0.5) is 5.82 Å². The molecule has 88 valence electrons. The summed E-state index contributed by atoms with van der Waals surface area (Å²) in [5.74, 6) is 0.675. The normalized spacial score (nSPS) is 11.2. The van der Waals surface area contributed by atoms with Gasteiger partial charge < -0.3 is 10.1 Å². The number of aromatic hydroxyl groups is 1. The molecule has 0 spiro atoms. The lowest BCUT2D eigenvalue weighted by Gasteiger charge is -1.97. The van der Waals surface area contributed by atoms with Crippen molar-refractivity contribution in [2.45, 2.75) is 13.8 Å². The third kappa shape index (κ3) is 2.98. The van der Waals surface area contributed by atoms with Crippen LogP contribution in [0.2, 0.25) is 0 Å². The molecule has 0 amide bonds. The van der Waals surface area contributed by atoms with Crippen LogP contribution in [-0.2, 0) is 0 Å². The zero-order chi connectivity index (χ0) is 12.4. The highest BCUT2D eigenvalue weighted by Crippen LogP contribution is 2.20. The Kier molecular flexibility index (Phi) is 3.35. The Balaban J connectivity index is 2.31. The topological polar surface area (TPSA) is 61.3 Å². The Labute approximate surface area is 108 Å². The number of nitrogens with zero attached hydrogens (tertiary/aromatic N) is 2. The zero-order valence-electron chi connectivity index (χ0n) is 9.39. The Morgan fingerprint density at radius 3 is 2.82 bits per heavy atom. The highest BCUT2D eigenvalue weighted by molar-refractivity contribution is 7.73. The second-order valence-corrected chi connectivity index (χ2v) is 5.35.